The first kappa shape index (κ1) is 9.14. The van der Waals surface area contributed by atoms with Gasteiger partial charge in [0.05, 0.1) is 0 Å². The molecule has 1 aliphatic heterocycles. The number of halogens is 2. The molecule has 1 rings (SSSR count). The molecule has 64 valence electrons. The second-order valence-corrected chi connectivity index (χ2v) is 4.15. The zero-order valence-corrected chi connectivity index (χ0v) is 7.95. The van der Waals surface area contributed by atoms with Crippen LogP contribution in [-0.2, 0) is 9.53 Å². The molecule has 0 aromatic heterocycles. The molecular weight excluding hydrogens is 187 g/mol. The van der Waals surface area contributed by atoms with Crippen LogP contribution in [0.1, 0.15) is 20.3 Å². The maximum absolute atomic E-state index is 11.0. The van der Waals surface area contributed by atoms with Gasteiger partial charge in [0.2, 0.25) is 4.33 Å². The quantitative estimate of drug-likeness (QED) is 0.475. The minimum atomic E-state index is -1.33. The van der Waals surface area contributed by atoms with Gasteiger partial charge in [-0.25, -0.2) is 4.79 Å². The molecule has 1 heterocycles. The van der Waals surface area contributed by atoms with Crippen LogP contribution in [0.2, 0.25) is 0 Å². The summed E-state index contributed by atoms with van der Waals surface area (Å²) in [7, 11) is 0. The Labute approximate surface area is 75.8 Å². The SMILES string of the molecule is CC[C@H]1OC(=O)C(Cl)(Cl)[C@H]1C. The molecule has 0 N–H and O–H groups in total. The molecule has 11 heavy (non-hydrogen) atoms. The third-order valence-electron chi connectivity index (χ3n) is 2.06. The Bertz CT molecular complexity index is 179. The van der Waals surface area contributed by atoms with Gasteiger partial charge in [-0.05, 0) is 6.42 Å². The van der Waals surface area contributed by atoms with E-state index < -0.39 is 10.3 Å². The van der Waals surface area contributed by atoms with Gasteiger partial charge in [0, 0.05) is 5.92 Å². The Balaban J connectivity index is 2.80. The highest BCUT2D eigenvalue weighted by Gasteiger charge is 2.52. The summed E-state index contributed by atoms with van der Waals surface area (Å²) in [6, 6.07) is 0. The van der Waals surface area contributed by atoms with E-state index in [2.05, 4.69) is 0 Å². The molecule has 1 saturated heterocycles. The molecular formula is C7H10Cl2O2. The lowest BCUT2D eigenvalue weighted by Crippen LogP contribution is -2.27. The van der Waals surface area contributed by atoms with E-state index in [-0.39, 0.29) is 12.0 Å². The van der Waals surface area contributed by atoms with Gasteiger partial charge in [-0.1, -0.05) is 37.0 Å². The Morgan fingerprint density at radius 3 is 2.36 bits per heavy atom. The second-order valence-electron chi connectivity index (χ2n) is 2.76. The van der Waals surface area contributed by atoms with Crippen molar-refractivity contribution in [2.45, 2.75) is 30.7 Å². The first-order valence-electron chi connectivity index (χ1n) is 3.59. The van der Waals surface area contributed by atoms with Crippen molar-refractivity contribution in [1.29, 1.82) is 0 Å². The summed E-state index contributed by atoms with van der Waals surface area (Å²) in [5.74, 6) is -0.636. The van der Waals surface area contributed by atoms with Gasteiger partial charge >= 0.3 is 5.97 Å². The minimum Gasteiger partial charge on any atom is -0.460 e. The topological polar surface area (TPSA) is 26.3 Å². The molecule has 1 aliphatic rings. The van der Waals surface area contributed by atoms with Crippen molar-refractivity contribution in [2.24, 2.45) is 5.92 Å². The zero-order chi connectivity index (χ0) is 8.65. The molecule has 4 heteroatoms. The summed E-state index contributed by atoms with van der Waals surface area (Å²) in [6.45, 7) is 3.75. The summed E-state index contributed by atoms with van der Waals surface area (Å²) in [5, 5.41) is 0. The zero-order valence-electron chi connectivity index (χ0n) is 6.43. The minimum absolute atomic E-state index is 0.122. The average molecular weight is 197 g/mol. The Kier molecular flexibility index (Phi) is 2.35. The Morgan fingerprint density at radius 2 is 2.18 bits per heavy atom. The summed E-state index contributed by atoms with van der Waals surface area (Å²) in [5.41, 5.74) is 0. The van der Waals surface area contributed by atoms with E-state index in [1.54, 1.807) is 0 Å². The number of ether oxygens (including phenoxy) is 1. The summed E-state index contributed by atoms with van der Waals surface area (Å²) in [6.07, 6.45) is 0.631. The summed E-state index contributed by atoms with van der Waals surface area (Å²) >= 11 is 11.5. The predicted molar refractivity (Wildman–Crippen MR) is 43.8 cm³/mol. The lowest BCUT2D eigenvalue weighted by Gasteiger charge is -2.15. The van der Waals surface area contributed by atoms with Crippen molar-refractivity contribution >= 4 is 29.2 Å². The van der Waals surface area contributed by atoms with Crippen LogP contribution >= 0.6 is 23.2 Å². The third kappa shape index (κ3) is 1.34. The fraction of sp³-hybridized carbons (Fsp3) is 0.857. The number of alkyl halides is 2. The molecule has 0 bridgehead atoms. The first-order valence-corrected chi connectivity index (χ1v) is 4.34. The van der Waals surface area contributed by atoms with E-state index in [1.807, 2.05) is 13.8 Å². The van der Waals surface area contributed by atoms with Crippen LogP contribution in [0.4, 0.5) is 0 Å². The first-order chi connectivity index (χ1) is 5.00. The maximum Gasteiger partial charge on any atom is 0.343 e. The number of hydrogen-bond acceptors (Lipinski definition) is 2. The van der Waals surface area contributed by atoms with Crippen molar-refractivity contribution in [3.05, 3.63) is 0 Å². The highest BCUT2D eigenvalue weighted by atomic mass is 35.5. The summed E-state index contributed by atoms with van der Waals surface area (Å²) < 4.78 is 3.60. The molecule has 0 amide bonds. The van der Waals surface area contributed by atoms with Crippen LogP contribution in [-0.4, -0.2) is 16.4 Å². The highest BCUT2D eigenvalue weighted by Crippen LogP contribution is 2.41. The van der Waals surface area contributed by atoms with Gasteiger partial charge in [-0.2, -0.15) is 0 Å². The van der Waals surface area contributed by atoms with E-state index in [4.69, 9.17) is 27.9 Å². The second kappa shape index (κ2) is 2.83. The monoisotopic (exact) mass is 196 g/mol. The molecule has 2 nitrogen and oxygen atoms in total. The average Bonchev–Trinajstić information content (AvgIpc) is 2.14. The van der Waals surface area contributed by atoms with Crippen LogP contribution < -0.4 is 0 Å². The third-order valence-corrected chi connectivity index (χ3v) is 3.06. The molecule has 0 aliphatic carbocycles. The van der Waals surface area contributed by atoms with Crippen LogP contribution in [0.15, 0.2) is 0 Å². The van der Waals surface area contributed by atoms with Crippen molar-refractivity contribution in [2.75, 3.05) is 0 Å². The van der Waals surface area contributed by atoms with Crippen molar-refractivity contribution in [1.82, 2.24) is 0 Å². The number of rotatable bonds is 1. The lowest BCUT2D eigenvalue weighted by atomic mass is 10.0. The Hall–Kier alpha value is 0.0500. The van der Waals surface area contributed by atoms with E-state index in [0.717, 1.165) is 6.42 Å². The predicted octanol–water partition coefficient (Wildman–Crippen LogP) is 2.13. The number of carbonyl (C=O) groups is 1. The van der Waals surface area contributed by atoms with Gasteiger partial charge in [0.25, 0.3) is 0 Å². The van der Waals surface area contributed by atoms with Gasteiger partial charge in [-0.15, -0.1) is 0 Å². The Morgan fingerprint density at radius 1 is 1.64 bits per heavy atom. The van der Waals surface area contributed by atoms with Gasteiger partial charge in [0.15, 0.2) is 0 Å². The normalized spacial score (nSPS) is 35.5. The van der Waals surface area contributed by atoms with E-state index in [0.29, 0.717) is 0 Å². The highest BCUT2D eigenvalue weighted by molar-refractivity contribution is 6.58. The molecule has 0 unspecified atom stereocenters. The van der Waals surface area contributed by atoms with E-state index in [9.17, 15) is 4.79 Å². The maximum atomic E-state index is 11.0. The summed E-state index contributed by atoms with van der Waals surface area (Å²) in [4.78, 5) is 11.0. The van der Waals surface area contributed by atoms with Crippen LogP contribution in [0.5, 0.6) is 0 Å². The van der Waals surface area contributed by atoms with Crippen molar-refractivity contribution < 1.29 is 9.53 Å². The van der Waals surface area contributed by atoms with Gasteiger partial charge in [0.1, 0.15) is 6.10 Å². The molecule has 2 atom stereocenters. The van der Waals surface area contributed by atoms with E-state index >= 15 is 0 Å². The molecule has 0 aromatic carbocycles. The fourth-order valence-corrected chi connectivity index (χ4v) is 1.54. The largest absolute Gasteiger partial charge is 0.460 e. The van der Waals surface area contributed by atoms with Gasteiger partial charge in [-0.3, -0.25) is 0 Å². The van der Waals surface area contributed by atoms with Gasteiger partial charge < -0.3 is 4.74 Å². The molecule has 1 fully saturated rings. The molecule has 0 aromatic rings. The van der Waals surface area contributed by atoms with Crippen molar-refractivity contribution in [3.8, 4) is 0 Å². The standard InChI is InChI=1S/C7H10Cl2O2/c1-3-5-4(2)7(8,9)6(10)11-5/h4-5H,3H2,1-2H3/t4-,5+/m0/s1. The molecule has 0 radical (unpaired) electrons. The van der Waals surface area contributed by atoms with Crippen LogP contribution in [0.25, 0.3) is 0 Å². The lowest BCUT2D eigenvalue weighted by molar-refractivity contribution is -0.142. The fourth-order valence-electron chi connectivity index (χ4n) is 1.17. The number of cyclic esters (lactones) is 1. The van der Waals surface area contributed by atoms with Crippen LogP contribution in [0, 0.1) is 5.92 Å². The van der Waals surface area contributed by atoms with Crippen molar-refractivity contribution in [3.63, 3.8) is 0 Å². The number of carbonyl (C=O) groups excluding carboxylic acids is 1. The van der Waals surface area contributed by atoms with E-state index in [1.165, 1.54) is 0 Å². The smallest absolute Gasteiger partial charge is 0.343 e. The number of esters is 1. The molecule has 0 spiro atoms. The molecule has 0 saturated carbocycles. The van der Waals surface area contributed by atoms with Crippen LogP contribution in [0.3, 0.4) is 0 Å². The number of hydrogen-bond donors (Lipinski definition) is 0.